The number of carboxylic acid groups (broad SMARTS) is 1. The number of rotatable bonds is 5. The summed E-state index contributed by atoms with van der Waals surface area (Å²) < 4.78 is 0. The van der Waals surface area contributed by atoms with E-state index in [1.54, 1.807) is 6.92 Å². The molecule has 0 saturated carbocycles. The van der Waals surface area contributed by atoms with Gasteiger partial charge in [0.25, 0.3) is 0 Å². The highest BCUT2D eigenvalue weighted by molar-refractivity contribution is 8.00. The Labute approximate surface area is 66.0 Å². The molecule has 10 heavy (non-hydrogen) atoms. The van der Waals surface area contributed by atoms with Crippen LogP contribution in [0.4, 0.5) is 0 Å². The first-order valence-electron chi connectivity index (χ1n) is 3.53. The number of carbonyl (C=O) groups is 1. The summed E-state index contributed by atoms with van der Waals surface area (Å²) in [6.07, 6.45) is 2.25. The van der Waals surface area contributed by atoms with Crippen LogP contribution in [-0.2, 0) is 4.79 Å². The minimum atomic E-state index is -0.707. The van der Waals surface area contributed by atoms with Crippen LogP contribution in [0.2, 0.25) is 0 Å². The number of carboxylic acids is 1. The first-order chi connectivity index (χ1) is 4.68. The van der Waals surface area contributed by atoms with Gasteiger partial charge in [0.05, 0.1) is 5.25 Å². The summed E-state index contributed by atoms with van der Waals surface area (Å²) in [4.78, 5) is 10.3. The fraction of sp³-hybridized carbons (Fsp3) is 0.857. The van der Waals surface area contributed by atoms with Gasteiger partial charge in [0, 0.05) is 0 Å². The van der Waals surface area contributed by atoms with Gasteiger partial charge < -0.3 is 5.11 Å². The number of unbranched alkanes of at least 4 members (excludes halogenated alkanes) is 1. The van der Waals surface area contributed by atoms with Crippen molar-refractivity contribution in [3.05, 3.63) is 0 Å². The van der Waals surface area contributed by atoms with Crippen LogP contribution >= 0.6 is 11.8 Å². The second-order valence-electron chi connectivity index (χ2n) is 2.20. The summed E-state index contributed by atoms with van der Waals surface area (Å²) in [7, 11) is 0. The largest absolute Gasteiger partial charge is 0.480 e. The highest BCUT2D eigenvalue weighted by Gasteiger charge is 2.09. The standard InChI is InChI=1S/C7H14O2S/c1-3-4-5-10-6(2)7(8)9/h6H,3-5H2,1-2H3,(H,8,9). The third-order valence-electron chi connectivity index (χ3n) is 1.21. The van der Waals surface area contributed by atoms with E-state index in [0.29, 0.717) is 0 Å². The molecule has 0 heterocycles. The summed E-state index contributed by atoms with van der Waals surface area (Å²) in [5.41, 5.74) is 0. The molecule has 2 nitrogen and oxygen atoms in total. The fourth-order valence-corrected chi connectivity index (χ4v) is 1.43. The summed E-state index contributed by atoms with van der Waals surface area (Å²) in [5.74, 6) is 0.255. The van der Waals surface area contributed by atoms with Crippen LogP contribution in [0.5, 0.6) is 0 Å². The molecule has 60 valence electrons. The van der Waals surface area contributed by atoms with Crippen molar-refractivity contribution in [1.82, 2.24) is 0 Å². The van der Waals surface area contributed by atoms with Crippen molar-refractivity contribution in [1.29, 1.82) is 0 Å². The van der Waals surface area contributed by atoms with Gasteiger partial charge in [-0.1, -0.05) is 13.3 Å². The Morgan fingerprint density at radius 2 is 2.30 bits per heavy atom. The van der Waals surface area contributed by atoms with Crippen molar-refractivity contribution in [3.63, 3.8) is 0 Å². The zero-order chi connectivity index (χ0) is 7.98. The van der Waals surface area contributed by atoms with Gasteiger partial charge in [0.1, 0.15) is 0 Å². The zero-order valence-electron chi connectivity index (χ0n) is 6.46. The van der Waals surface area contributed by atoms with E-state index in [2.05, 4.69) is 6.92 Å². The summed E-state index contributed by atoms with van der Waals surface area (Å²) in [6.45, 7) is 3.83. The Bertz CT molecular complexity index is 104. The van der Waals surface area contributed by atoms with Crippen LogP contribution in [0.1, 0.15) is 26.7 Å². The first kappa shape index (κ1) is 9.82. The predicted octanol–water partition coefficient (Wildman–Crippen LogP) is 1.99. The lowest BCUT2D eigenvalue weighted by atomic mass is 10.4. The molecule has 0 radical (unpaired) electrons. The van der Waals surface area contributed by atoms with E-state index in [0.717, 1.165) is 18.6 Å². The summed E-state index contributed by atoms with van der Waals surface area (Å²) >= 11 is 1.51. The fourth-order valence-electron chi connectivity index (χ4n) is 0.476. The molecule has 0 fully saturated rings. The van der Waals surface area contributed by atoms with Gasteiger partial charge in [-0.15, -0.1) is 11.8 Å². The monoisotopic (exact) mass is 162 g/mol. The molecule has 0 aromatic carbocycles. The van der Waals surface area contributed by atoms with Crippen molar-refractivity contribution >= 4 is 17.7 Å². The van der Waals surface area contributed by atoms with Gasteiger partial charge in [0.15, 0.2) is 0 Å². The predicted molar refractivity (Wildman–Crippen MR) is 44.5 cm³/mol. The molecule has 0 spiro atoms. The average molecular weight is 162 g/mol. The number of thioether (sulfide) groups is 1. The van der Waals surface area contributed by atoms with Crippen LogP contribution in [0.25, 0.3) is 0 Å². The van der Waals surface area contributed by atoms with E-state index in [1.807, 2.05) is 0 Å². The Balaban J connectivity index is 3.21. The third-order valence-corrected chi connectivity index (χ3v) is 2.44. The molecule has 0 aliphatic carbocycles. The van der Waals surface area contributed by atoms with Crippen molar-refractivity contribution < 1.29 is 9.90 Å². The number of hydrogen-bond acceptors (Lipinski definition) is 2. The van der Waals surface area contributed by atoms with E-state index in [4.69, 9.17) is 5.11 Å². The maximum absolute atomic E-state index is 10.3. The van der Waals surface area contributed by atoms with Crippen molar-refractivity contribution in [2.75, 3.05) is 5.75 Å². The van der Waals surface area contributed by atoms with Gasteiger partial charge in [-0.25, -0.2) is 0 Å². The molecule has 0 aliphatic heterocycles. The van der Waals surface area contributed by atoms with Gasteiger partial charge in [0.2, 0.25) is 0 Å². The van der Waals surface area contributed by atoms with Crippen LogP contribution < -0.4 is 0 Å². The van der Waals surface area contributed by atoms with Crippen LogP contribution in [0.15, 0.2) is 0 Å². The Kier molecular flexibility index (Phi) is 5.49. The second kappa shape index (κ2) is 5.59. The quantitative estimate of drug-likeness (QED) is 0.628. The van der Waals surface area contributed by atoms with Gasteiger partial charge in [-0.3, -0.25) is 4.79 Å². The summed E-state index contributed by atoms with van der Waals surface area (Å²) in [5, 5.41) is 8.22. The molecule has 0 saturated heterocycles. The molecule has 0 amide bonds. The van der Waals surface area contributed by atoms with Crippen molar-refractivity contribution in [2.24, 2.45) is 0 Å². The molecule has 0 rings (SSSR count). The molecule has 3 heteroatoms. The van der Waals surface area contributed by atoms with Crippen LogP contribution in [-0.4, -0.2) is 22.1 Å². The van der Waals surface area contributed by atoms with E-state index in [-0.39, 0.29) is 5.25 Å². The Hall–Kier alpha value is -0.180. The number of hydrogen-bond donors (Lipinski definition) is 1. The van der Waals surface area contributed by atoms with Gasteiger partial charge in [-0.2, -0.15) is 0 Å². The topological polar surface area (TPSA) is 37.3 Å². The molecule has 0 aliphatic rings. The smallest absolute Gasteiger partial charge is 0.316 e. The highest BCUT2D eigenvalue weighted by atomic mass is 32.2. The third kappa shape index (κ3) is 4.68. The molecule has 0 aromatic rings. The molecule has 0 aromatic heterocycles. The number of aliphatic carboxylic acids is 1. The van der Waals surface area contributed by atoms with Crippen molar-refractivity contribution in [3.8, 4) is 0 Å². The molecule has 0 bridgehead atoms. The SMILES string of the molecule is CCCCSC(C)C(=O)O. The summed E-state index contributed by atoms with van der Waals surface area (Å²) in [6, 6.07) is 0. The van der Waals surface area contributed by atoms with Crippen molar-refractivity contribution in [2.45, 2.75) is 31.9 Å². The minimum Gasteiger partial charge on any atom is -0.480 e. The Morgan fingerprint density at radius 3 is 2.70 bits per heavy atom. The van der Waals surface area contributed by atoms with Gasteiger partial charge in [-0.05, 0) is 19.1 Å². The zero-order valence-corrected chi connectivity index (χ0v) is 7.28. The minimum absolute atomic E-state index is 0.244. The molecular formula is C7H14O2S. The second-order valence-corrected chi connectivity index (χ2v) is 3.65. The van der Waals surface area contributed by atoms with Crippen LogP contribution in [0, 0.1) is 0 Å². The maximum Gasteiger partial charge on any atom is 0.316 e. The molecule has 1 N–H and O–H groups in total. The average Bonchev–Trinajstić information content (AvgIpc) is 1.88. The molecule has 1 unspecified atom stereocenters. The normalized spacial score (nSPS) is 13.0. The maximum atomic E-state index is 10.3. The van der Waals surface area contributed by atoms with E-state index >= 15 is 0 Å². The molecule has 1 atom stereocenters. The lowest BCUT2D eigenvalue weighted by Gasteiger charge is -2.03. The lowest BCUT2D eigenvalue weighted by Crippen LogP contribution is -2.11. The van der Waals surface area contributed by atoms with Crippen LogP contribution in [0.3, 0.4) is 0 Å². The van der Waals surface area contributed by atoms with E-state index in [1.165, 1.54) is 11.8 Å². The lowest BCUT2D eigenvalue weighted by molar-refractivity contribution is -0.136. The van der Waals surface area contributed by atoms with Gasteiger partial charge >= 0.3 is 5.97 Å². The highest BCUT2D eigenvalue weighted by Crippen LogP contribution is 2.11. The van der Waals surface area contributed by atoms with E-state index in [9.17, 15) is 4.79 Å². The first-order valence-corrected chi connectivity index (χ1v) is 4.57. The van der Waals surface area contributed by atoms with E-state index < -0.39 is 5.97 Å². The molecular weight excluding hydrogens is 148 g/mol. The Morgan fingerprint density at radius 1 is 1.70 bits per heavy atom.